The predicted molar refractivity (Wildman–Crippen MR) is 150 cm³/mol. The van der Waals surface area contributed by atoms with E-state index >= 15 is 0 Å². The van der Waals surface area contributed by atoms with Crippen molar-refractivity contribution in [2.24, 2.45) is 0 Å². The molecule has 2 amide bonds. The van der Waals surface area contributed by atoms with E-state index in [1.54, 1.807) is 31.6 Å². The number of anilines is 3. The number of pyridine rings is 2. The molecule has 0 aliphatic carbocycles. The molecule has 3 N–H and O–H groups in total. The summed E-state index contributed by atoms with van der Waals surface area (Å²) in [6, 6.07) is 18.9. The van der Waals surface area contributed by atoms with Crippen LogP contribution in [-0.4, -0.2) is 28.9 Å². The first-order valence-electron chi connectivity index (χ1n) is 11.9. The maximum absolute atomic E-state index is 13.3. The Balaban J connectivity index is 1.42. The number of fused-ring (bicyclic) bond motifs is 1. The molecule has 0 bridgehead atoms. The largest absolute Gasteiger partial charge is 0.495 e. The number of aromatic nitrogens is 2. The number of amides is 2. The molecule has 190 valence electrons. The van der Waals surface area contributed by atoms with E-state index < -0.39 is 0 Å². The molecule has 3 aromatic heterocycles. The monoisotopic (exact) mass is 523 g/mol. The highest BCUT2D eigenvalue weighted by Crippen LogP contribution is 2.30. The number of methoxy groups -OCH3 is 1. The molecule has 0 radical (unpaired) electrons. The summed E-state index contributed by atoms with van der Waals surface area (Å²) >= 11 is 1.51. The van der Waals surface area contributed by atoms with Crippen LogP contribution in [0.2, 0.25) is 0 Å². The molecule has 0 aliphatic rings. The van der Waals surface area contributed by atoms with Crippen LogP contribution in [0.5, 0.6) is 5.75 Å². The van der Waals surface area contributed by atoms with Crippen molar-refractivity contribution in [1.82, 2.24) is 15.3 Å². The molecule has 0 aliphatic heterocycles. The summed E-state index contributed by atoms with van der Waals surface area (Å²) in [5.74, 6) is 0.424. The molecule has 0 saturated carbocycles. The van der Waals surface area contributed by atoms with Gasteiger partial charge in [0.2, 0.25) is 0 Å². The Kier molecular flexibility index (Phi) is 7.28. The number of thiophene rings is 1. The van der Waals surface area contributed by atoms with Crippen molar-refractivity contribution in [3.63, 3.8) is 0 Å². The van der Waals surface area contributed by atoms with E-state index in [1.165, 1.54) is 17.5 Å². The van der Waals surface area contributed by atoms with Gasteiger partial charge in [0.1, 0.15) is 5.75 Å². The van der Waals surface area contributed by atoms with Gasteiger partial charge in [0.25, 0.3) is 11.8 Å². The van der Waals surface area contributed by atoms with Crippen LogP contribution in [0.25, 0.3) is 10.1 Å². The highest BCUT2D eigenvalue weighted by Gasteiger charge is 2.17. The minimum absolute atomic E-state index is 0.259. The average molecular weight is 524 g/mol. The number of aryl methyl sites for hydroxylation is 1. The summed E-state index contributed by atoms with van der Waals surface area (Å²) in [4.78, 5) is 34.9. The molecule has 5 rings (SSSR count). The number of hydrogen-bond acceptors (Lipinski definition) is 7. The number of ether oxygens (including phenoxy) is 1. The standard InChI is InChI=1S/C29H25N5O3S/c1-18-7-3-5-9-24(18)33-27-25(34-29(36)23-17-38-26-10-6-4-8-22(23)26)12-20(15-31-27)28(35)32-14-19-11-21(37-2)16-30-13-19/h3-13,15-17H,14H2,1-2H3,(H,31,33)(H,32,35)(H,34,36). The number of para-hydroxylation sites is 1. The van der Waals surface area contributed by atoms with Crippen molar-refractivity contribution in [2.45, 2.75) is 13.5 Å². The lowest BCUT2D eigenvalue weighted by Gasteiger charge is -2.15. The SMILES string of the molecule is COc1cncc(CNC(=O)c2cnc(Nc3ccccc3C)c(NC(=O)c3csc4ccccc34)c2)c1. The fraction of sp³-hybridized carbons (Fsp3) is 0.103. The molecule has 5 aromatic rings. The molecule has 0 atom stereocenters. The Morgan fingerprint density at radius 3 is 2.61 bits per heavy atom. The third-order valence-corrected chi connectivity index (χ3v) is 6.94. The molecule has 2 aromatic carbocycles. The van der Waals surface area contributed by atoms with Gasteiger partial charge in [-0.15, -0.1) is 11.3 Å². The van der Waals surface area contributed by atoms with Crippen molar-refractivity contribution in [3.8, 4) is 5.75 Å². The third kappa shape index (κ3) is 5.47. The zero-order valence-corrected chi connectivity index (χ0v) is 21.6. The Morgan fingerprint density at radius 1 is 0.947 bits per heavy atom. The fourth-order valence-electron chi connectivity index (χ4n) is 3.92. The second kappa shape index (κ2) is 11.1. The maximum atomic E-state index is 13.3. The molecule has 0 fully saturated rings. The highest BCUT2D eigenvalue weighted by molar-refractivity contribution is 7.17. The van der Waals surface area contributed by atoms with E-state index in [1.807, 2.05) is 60.8 Å². The summed E-state index contributed by atoms with van der Waals surface area (Å²) in [5.41, 5.74) is 3.92. The van der Waals surface area contributed by atoms with Gasteiger partial charge in [0, 0.05) is 40.1 Å². The molecular weight excluding hydrogens is 498 g/mol. The van der Waals surface area contributed by atoms with Crippen LogP contribution in [0.4, 0.5) is 17.2 Å². The smallest absolute Gasteiger partial charge is 0.257 e. The quantitative estimate of drug-likeness (QED) is 0.233. The minimum atomic E-state index is -0.334. The summed E-state index contributed by atoms with van der Waals surface area (Å²) < 4.78 is 6.22. The summed E-state index contributed by atoms with van der Waals surface area (Å²) in [5, 5.41) is 11.8. The fourth-order valence-corrected chi connectivity index (χ4v) is 4.87. The first-order valence-corrected chi connectivity index (χ1v) is 12.8. The van der Waals surface area contributed by atoms with E-state index in [4.69, 9.17) is 4.74 Å². The van der Waals surface area contributed by atoms with Gasteiger partial charge in [-0.1, -0.05) is 36.4 Å². The number of hydrogen-bond donors (Lipinski definition) is 3. The van der Waals surface area contributed by atoms with Crippen LogP contribution in [-0.2, 0) is 6.54 Å². The maximum Gasteiger partial charge on any atom is 0.257 e. The van der Waals surface area contributed by atoms with E-state index in [-0.39, 0.29) is 18.4 Å². The molecular formula is C29H25N5O3S. The van der Waals surface area contributed by atoms with Gasteiger partial charge in [-0.25, -0.2) is 4.98 Å². The Labute approximate surface area is 223 Å². The molecule has 0 unspecified atom stereocenters. The van der Waals surface area contributed by atoms with Crippen LogP contribution in [0.3, 0.4) is 0 Å². The van der Waals surface area contributed by atoms with E-state index in [0.717, 1.165) is 26.9 Å². The number of benzene rings is 2. The van der Waals surface area contributed by atoms with Gasteiger partial charge in [0.05, 0.1) is 30.1 Å². The van der Waals surface area contributed by atoms with Gasteiger partial charge < -0.3 is 20.7 Å². The molecule has 0 spiro atoms. The van der Waals surface area contributed by atoms with Crippen molar-refractivity contribution in [1.29, 1.82) is 0 Å². The summed E-state index contributed by atoms with van der Waals surface area (Å²) in [6.45, 7) is 2.24. The Morgan fingerprint density at radius 2 is 1.76 bits per heavy atom. The zero-order chi connectivity index (χ0) is 26.5. The van der Waals surface area contributed by atoms with Crippen LogP contribution in [0, 0.1) is 6.92 Å². The van der Waals surface area contributed by atoms with E-state index in [2.05, 4.69) is 25.9 Å². The van der Waals surface area contributed by atoms with Crippen molar-refractivity contribution >= 4 is 50.4 Å². The van der Waals surface area contributed by atoms with Gasteiger partial charge in [0.15, 0.2) is 5.82 Å². The number of carbonyl (C=O) groups excluding carboxylic acids is 2. The number of nitrogens with zero attached hydrogens (tertiary/aromatic N) is 2. The van der Waals surface area contributed by atoms with Gasteiger partial charge in [-0.2, -0.15) is 0 Å². The third-order valence-electron chi connectivity index (χ3n) is 5.98. The van der Waals surface area contributed by atoms with Crippen molar-refractivity contribution in [3.05, 3.63) is 107 Å². The molecule has 9 heteroatoms. The number of carbonyl (C=O) groups is 2. The molecule has 8 nitrogen and oxygen atoms in total. The number of rotatable bonds is 8. The Bertz CT molecular complexity index is 1630. The normalized spacial score (nSPS) is 10.7. The Hall–Kier alpha value is -4.76. The van der Waals surface area contributed by atoms with Crippen molar-refractivity contribution < 1.29 is 14.3 Å². The zero-order valence-electron chi connectivity index (χ0n) is 20.8. The first kappa shape index (κ1) is 24.9. The summed E-state index contributed by atoms with van der Waals surface area (Å²) in [7, 11) is 1.56. The van der Waals surface area contributed by atoms with Gasteiger partial charge >= 0.3 is 0 Å². The molecule has 3 heterocycles. The lowest BCUT2D eigenvalue weighted by Crippen LogP contribution is -2.23. The molecule has 38 heavy (non-hydrogen) atoms. The predicted octanol–water partition coefficient (Wildman–Crippen LogP) is 5.93. The minimum Gasteiger partial charge on any atom is -0.495 e. The van der Waals surface area contributed by atoms with Crippen LogP contribution in [0.15, 0.2) is 84.6 Å². The first-order chi connectivity index (χ1) is 18.5. The average Bonchev–Trinajstić information content (AvgIpc) is 3.38. The van der Waals surface area contributed by atoms with E-state index in [0.29, 0.717) is 28.4 Å². The molecule has 0 saturated heterocycles. The van der Waals surface area contributed by atoms with Gasteiger partial charge in [-0.05, 0) is 42.3 Å². The van der Waals surface area contributed by atoms with Gasteiger partial charge in [-0.3, -0.25) is 14.6 Å². The second-order valence-electron chi connectivity index (χ2n) is 8.58. The topological polar surface area (TPSA) is 105 Å². The number of nitrogens with one attached hydrogen (secondary N) is 3. The summed E-state index contributed by atoms with van der Waals surface area (Å²) in [6.07, 6.45) is 4.74. The lowest BCUT2D eigenvalue weighted by atomic mass is 10.1. The van der Waals surface area contributed by atoms with Crippen molar-refractivity contribution in [2.75, 3.05) is 17.7 Å². The van der Waals surface area contributed by atoms with Crippen LogP contribution in [0.1, 0.15) is 31.8 Å². The highest BCUT2D eigenvalue weighted by atomic mass is 32.1. The van der Waals surface area contributed by atoms with Crippen LogP contribution >= 0.6 is 11.3 Å². The second-order valence-corrected chi connectivity index (χ2v) is 9.49. The van der Waals surface area contributed by atoms with Crippen LogP contribution < -0.4 is 20.7 Å². The van der Waals surface area contributed by atoms with E-state index in [9.17, 15) is 9.59 Å². The lowest BCUT2D eigenvalue weighted by molar-refractivity contribution is 0.0949.